The summed E-state index contributed by atoms with van der Waals surface area (Å²) in [5.74, 6) is -0.467. The van der Waals surface area contributed by atoms with Crippen LogP contribution in [-0.2, 0) is 21.5 Å². The van der Waals surface area contributed by atoms with E-state index in [9.17, 15) is 19.9 Å². The monoisotopic (exact) mass is 443 g/mol. The van der Waals surface area contributed by atoms with Crippen molar-refractivity contribution in [2.75, 3.05) is 27.2 Å². The van der Waals surface area contributed by atoms with Gasteiger partial charge in [0, 0.05) is 31.6 Å². The fourth-order valence-electron chi connectivity index (χ4n) is 6.21. The lowest BCUT2D eigenvalue weighted by Gasteiger charge is -2.46. The Hall–Kier alpha value is -2.62. The summed E-state index contributed by atoms with van der Waals surface area (Å²) in [6, 6.07) is 5.47. The molecular formula is C23H29N3O6. The zero-order valence-electron chi connectivity index (χ0n) is 18.5. The second kappa shape index (κ2) is 7.19. The normalized spacial score (nSPS) is 35.8. The molecule has 9 heteroatoms. The maximum atomic E-state index is 12.9. The van der Waals surface area contributed by atoms with Crippen molar-refractivity contribution in [2.45, 2.75) is 49.6 Å². The number of hydrogen-bond donors (Lipinski definition) is 2. The number of carboxylic acid groups (broad SMARTS) is 1. The minimum absolute atomic E-state index is 0.00209. The summed E-state index contributed by atoms with van der Waals surface area (Å²) < 4.78 is 12.0. The first-order chi connectivity index (χ1) is 15.2. The fraction of sp³-hybridized carbons (Fsp3) is 0.565. The van der Waals surface area contributed by atoms with Gasteiger partial charge in [-0.2, -0.15) is 0 Å². The molecule has 3 aliphatic heterocycles. The van der Waals surface area contributed by atoms with Gasteiger partial charge in [0.1, 0.15) is 11.9 Å². The number of rotatable bonds is 3. The second-order valence-corrected chi connectivity index (χ2v) is 9.43. The molecule has 0 saturated carbocycles. The number of carbonyl (C=O) groups excluding carboxylic acids is 1. The number of amides is 2. The minimum atomic E-state index is -1.79. The largest absolute Gasteiger partial charge is 0.489 e. The summed E-state index contributed by atoms with van der Waals surface area (Å²) in [6.45, 7) is 3.43. The SMILES string of the molecule is COC1(N(C(=O)O)[C@H]2C=C[C@@]34CCN(C)Cc5cccc(c53)O[C@H]4C2)C(=O)N(O)CC1C. The average molecular weight is 444 g/mol. The smallest absolute Gasteiger partial charge is 0.410 e. The second-order valence-electron chi connectivity index (χ2n) is 9.43. The summed E-state index contributed by atoms with van der Waals surface area (Å²) >= 11 is 0. The molecule has 5 rings (SSSR count). The number of hydrogen-bond acceptors (Lipinski definition) is 6. The number of benzene rings is 1. The third-order valence-electron chi connectivity index (χ3n) is 7.70. The maximum absolute atomic E-state index is 12.9. The molecule has 1 saturated heterocycles. The van der Waals surface area contributed by atoms with E-state index in [0.717, 1.165) is 30.2 Å². The van der Waals surface area contributed by atoms with Crippen molar-refractivity contribution in [3.8, 4) is 5.75 Å². The molecule has 1 spiro atoms. The zero-order valence-corrected chi connectivity index (χ0v) is 18.5. The van der Waals surface area contributed by atoms with Gasteiger partial charge in [-0.1, -0.05) is 31.2 Å². The number of methoxy groups -OCH3 is 1. The van der Waals surface area contributed by atoms with Crippen LogP contribution in [0.2, 0.25) is 0 Å². The lowest BCUT2D eigenvalue weighted by Crippen LogP contribution is -2.64. The van der Waals surface area contributed by atoms with Crippen molar-refractivity contribution >= 4 is 12.0 Å². The van der Waals surface area contributed by atoms with E-state index >= 15 is 0 Å². The first kappa shape index (κ1) is 21.2. The van der Waals surface area contributed by atoms with E-state index in [1.807, 2.05) is 18.2 Å². The van der Waals surface area contributed by atoms with E-state index in [1.54, 1.807) is 6.92 Å². The number of nitrogens with zero attached hydrogens (tertiary/aromatic N) is 3. The molecule has 32 heavy (non-hydrogen) atoms. The average Bonchev–Trinajstić information content (AvgIpc) is 3.13. The Morgan fingerprint density at radius 1 is 1.38 bits per heavy atom. The summed E-state index contributed by atoms with van der Waals surface area (Å²) in [5.41, 5.74) is 0.304. The van der Waals surface area contributed by atoms with Crippen LogP contribution in [0.15, 0.2) is 30.4 Å². The van der Waals surface area contributed by atoms with Crippen LogP contribution < -0.4 is 4.74 Å². The molecule has 2 unspecified atom stereocenters. The van der Waals surface area contributed by atoms with Crippen LogP contribution in [0.25, 0.3) is 0 Å². The van der Waals surface area contributed by atoms with Crippen molar-refractivity contribution < 1.29 is 29.4 Å². The van der Waals surface area contributed by atoms with Gasteiger partial charge in [0.15, 0.2) is 0 Å². The first-order valence-corrected chi connectivity index (χ1v) is 11.0. The van der Waals surface area contributed by atoms with E-state index in [0.29, 0.717) is 11.5 Å². The van der Waals surface area contributed by atoms with E-state index in [2.05, 4.69) is 24.1 Å². The molecule has 1 fully saturated rings. The van der Waals surface area contributed by atoms with Crippen LogP contribution in [0.1, 0.15) is 30.9 Å². The van der Waals surface area contributed by atoms with Crippen molar-refractivity contribution in [3.63, 3.8) is 0 Å². The lowest BCUT2D eigenvalue weighted by atomic mass is 9.68. The first-order valence-electron chi connectivity index (χ1n) is 11.0. The van der Waals surface area contributed by atoms with E-state index in [1.165, 1.54) is 18.2 Å². The van der Waals surface area contributed by atoms with Crippen LogP contribution in [0, 0.1) is 5.92 Å². The van der Waals surface area contributed by atoms with Gasteiger partial charge < -0.3 is 19.5 Å². The molecule has 9 nitrogen and oxygen atoms in total. The van der Waals surface area contributed by atoms with Crippen LogP contribution in [-0.4, -0.2) is 82.3 Å². The van der Waals surface area contributed by atoms with Gasteiger partial charge in [-0.3, -0.25) is 14.9 Å². The molecule has 4 aliphatic rings. The Morgan fingerprint density at radius 3 is 2.81 bits per heavy atom. The zero-order chi connectivity index (χ0) is 22.8. The Labute approximate surface area is 186 Å². The minimum Gasteiger partial charge on any atom is -0.489 e. The predicted octanol–water partition coefficient (Wildman–Crippen LogP) is 2.04. The van der Waals surface area contributed by atoms with Gasteiger partial charge in [-0.05, 0) is 31.6 Å². The molecule has 172 valence electrons. The van der Waals surface area contributed by atoms with Gasteiger partial charge in [-0.25, -0.2) is 9.86 Å². The molecule has 1 aromatic carbocycles. The van der Waals surface area contributed by atoms with Gasteiger partial charge in [0.05, 0.1) is 18.0 Å². The molecule has 3 heterocycles. The summed E-state index contributed by atoms with van der Waals surface area (Å²) in [4.78, 5) is 28.7. The molecule has 1 aromatic rings. The highest BCUT2D eigenvalue weighted by molar-refractivity contribution is 5.90. The summed E-state index contributed by atoms with van der Waals surface area (Å²) in [5, 5.41) is 20.8. The van der Waals surface area contributed by atoms with Crippen molar-refractivity contribution in [2.24, 2.45) is 5.92 Å². The van der Waals surface area contributed by atoms with Gasteiger partial charge in [0.25, 0.3) is 5.91 Å². The van der Waals surface area contributed by atoms with Crippen LogP contribution in [0.4, 0.5) is 4.79 Å². The molecule has 0 aromatic heterocycles. The predicted molar refractivity (Wildman–Crippen MR) is 113 cm³/mol. The maximum Gasteiger partial charge on any atom is 0.410 e. The molecule has 5 atom stereocenters. The van der Waals surface area contributed by atoms with Gasteiger partial charge >= 0.3 is 6.09 Å². The molecule has 0 radical (unpaired) electrons. The molecule has 1 aliphatic carbocycles. The highest BCUT2D eigenvalue weighted by atomic mass is 16.6. The van der Waals surface area contributed by atoms with Gasteiger partial charge in [-0.15, -0.1) is 0 Å². The van der Waals surface area contributed by atoms with Crippen molar-refractivity contribution in [1.82, 2.24) is 14.9 Å². The standard InChI is InChI=1S/C23H29N3O6/c1-14-12-25(30)20(27)23(14,31-3)26(21(28)29)16-7-8-22-9-10-24(2)13-15-5-4-6-17(19(15)22)32-18(22)11-16/h4-8,14,16,18,30H,9-13H2,1-3H3,(H,28,29)/t14?,16-,18-,22-,23?/m0/s1. The highest BCUT2D eigenvalue weighted by Gasteiger charge is 2.62. The summed E-state index contributed by atoms with van der Waals surface area (Å²) in [7, 11) is 3.41. The Morgan fingerprint density at radius 2 is 2.16 bits per heavy atom. The van der Waals surface area contributed by atoms with Crippen LogP contribution in [0.3, 0.4) is 0 Å². The van der Waals surface area contributed by atoms with Crippen LogP contribution >= 0.6 is 0 Å². The van der Waals surface area contributed by atoms with Gasteiger partial charge in [0.2, 0.25) is 5.72 Å². The Balaban J connectivity index is 1.57. The van der Waals surface area contributed by atoms with E-state index < -0.39 is 29.7 Å². The molecule has 2 amide bonds. The molecule has 2 N–H and O–H groups in total. The quantitative estimate of drug-likeness (QED) is 0.419. The Bertz CT molecular complexity index is 998. The number of carbonyl (C=O) groups is 2. The molecular weight excluding hydrogens is 414 g/mol. The third-order valence-corrected chi connectivity index (χ3v) is 7.70. The van der Waals surface area contributed by atoms with Crippen LogP contribution in [0.5, 0.6) is 5.75 Å². The number of ether oxygens (including phenoxy) is 2. The lowest BCUT2D eigenvalue weighted by molar-refractivity contribution is -0.192. The Kier molecular flexibility index (Phi) is 4.77. The number of hydroxylamine groups is 2. The van der Waals surface area contributed by atoms with Crippen molar-refractivity contribution in [3.05, 3.63) is 41.5 Å². The topological polar surface area (TPSA) is 103 Å². The van der Waals surface area contributed by atoms with Crippen molar-refractivity contribution in [1.29, 1.82) is 0 Å². The molecule has 0 bridgehead atoms. The highest BCUT2D eigenvalue weighted by Crippen LogP contribution is 2.53. The summed E-state index contributed by atoms with van der Waals surface area (Å²) in [6.07, 6.45) is 3.69. The third kappa shape index (κ3) is 2.68. The van der Waals surface area contributed by atoms with E-state index in [-0.39, 0.29) is 18.1 Å². The van der Waals surface area contributed by atoms with E-state index in [4.69, 9.17) is 9.47 Å². The fourth-order valence-corrected chi connectivity index (χ4v) is 6.21.